The van der Waals surface area contributed by atoms with Crippen molar-refractivity contribution in [3.05, 3.63) is 0 Å². The van der Waals surface area contributed by atoms with Gasteiger partial charge in [-0.05, 0) is 0 Å². The summed E-state index contributed by atoms with van der Waals surface area (Å²) in [6, 6.07) is 0. The zero-order valence-corrected chi connectivity index (χ0v) is 7.57. The van der Waals surface area contributed by atoms with Crippen LogP contribution in [0.5, 0.6) is 0 Å². The fraction of sp³-hybridized carbons (Fsp3) is 0. The summed E-state index contributed by atoms with van der Waals surface area (Å²) >= 11 is -2.32. The first-order valence-corrected chi connectivity index (χ1v) is 7.03. The van der Waals surface area contributed by atoms with Crippen molar-refractivity contribution in [2.75, 3.05) is 0 Å². The van der Waals surface area contributed by atoms with Crippen LogP contribution in [-0.2, 0) is 15.6 Å². The predicted molar refractivity (Wildman–Crippen MR) is 13.9 cm³/mol. The van der Waals surface area contributed by atoms with Crippen molar-refractivity contribution >= 4 is 18.8 Å². The molecule has 0 radical (unpaired) electrons. The van der Waals surface area contributed by atoms with Crippen LogP contribution in [0.15, 0.2) is 0 Å². The third-order valence-corrected chi connectivity index (χ3v) is 0. The molecule has 0 saturated heterocycles. The molecule has 0 saturated carbocycles. The van der Waals surface area contributed by atoms with Crippen molar-refractivity contribution in [1.29, 1.82) is 0 Å². The van der Waals surface area contributed by atoms with E-state index in [9.17, 15) is 0 Å². The van der Waals surface area contributed by atoms with Crippen LogP contribution in [-0.4, -0.2) is 3.76 Å². The average Bonchev–Trinajstić information content (AvgIpc) is 0.811. The van der Waals surface area contributed by atoms with Gasteiger partial charge in [0.15, 0.2) is 0 Å². The number of hydrogen-bond donors (Lipinski definition) is 1. The van der Waals surface area contributed by atoms with Crippen LogP contribution in [0.4, 0.5) is 0 Å². The molecule has 6 heteroatoms. The maximum atomic E-state index is 7.74. The Morgan fingerprint density at radius 3 is 1.17 bits per heavy atom. The molecule has 1 nitrogen and oxygen atoms in total. The van der Waals surface area contributed by atoms with E-state index in [2.05, 4.69) is 0 Å². The Morgan fingerprint density at radius 1 is 1.17 bits per heavy atom. The number of halogens is 4. The van der Waals surface area contributed by atoms with Gasteiger partial charge in [-0.2, -0.15) is 0 Å². The molecule has 1 N–H and O–H groups in total. The van der Waals surface area contributed by atoms with Crippen LogP contribution in [0.3, 0.4) is 0 Å². The van der Waals surface area contributed by atoms with Gasteiger partial charge in [0.1, 0.15) is 0 Å². The molecule has 0 rings (SSSR count). The Morgan fingerprint density at radius 2 is 1.17 bits per heavy atom. The third-order valence-electron chi connectivity index (χ3n) is 0. The standard InChI is InChI=1S/4ClH.H2O.Pt/h4*1H;1H2;/q;;;;;+5/p-5. The Kier molecular flexibility index (Phi) is 25.9. The summed E-state index contributed by atoms with van der Waals surface area (Å²) in [5.41, 5.74) is 0. The SMILES string of the molecule is [Cl-].[Cl-].[OH][Pt+2]([Cl])[Cl]. The van der Waals surface area contributed by atoms with Gasteiger partial charge in [0.05, 0.1) is 0 Å². The van der Waals surface area contributed by atoms with Crippen molar-refractivity contribution in [2.24, 2.45) is 0 Å². The third kappa shape index (κ3) is 41.1. The van der Waals surface area contributed by atoms with Crippen LogP contribution >= 0.6 is 18.8 Å². The van der Waals surface area contributed by atoms with E-state index in [0.717, 1.165) is 0 Å². The maximum absolute atomic E-state index is 7.74. The van der Waals surface area contributed by atoms with Crippen LogP contribution < -0.4 is 24.8 Å². The Labute approximate surface area is 62.7 Å². The van der Waals surface area contributed by atoms with Crippen molar-refractivity contribution in [1.82, 2.24) is 0 Å². The summed E-state index contributed by atoms with van der Waals surface area (Å²) < 4.78 is 7.74. The minimum atomic E-state index is -2.32. The fourth-order valence-electron chi connectivity index (χ4n) is 0. The van der Waals surface area contributed by atoms with Gasteiger partial charge in [-0.1, -0.05) is 0 Å². The van der Waals surface area contributed by atoms with E-state index in [-0.39, 0.29) is 24.8 Å². The van der Waals surface area contributed by atoms with E-state index < -0.39 is 15.6 Å². The zero-order valence-electron chi connectivity index (χ0n) is 2.28. The van der Waals surface area contributed by atoms with Crippen molar-refractivity contribution in [3.8, 4) is 0 Å². The molecule has 45 valence electrons. The van der Waals surface area contributed by atoms with Crippen LogP contribution in [0, 0.1) is 0 Å². The second kappa shape index (κ2) is 9.93. The second-order valence-corrected chi connectivity index (χ2v) is 5.95. The molecule has 6 heavy (non-hydrogen) atoms. The summed E-state index contributed by atoms with van der Waals surface area (Å²) in [4.78, 5) is 0. The summed E-state index contributed by atoms with van der Waals surface area (Å²) in [5.74, 6) is 0. The van der Waals surface area contributed by atoms with Gasteiger partial charge < -0.3 is 24.8 Å². The van der Waals surface area contributed by atoms with Gasteiger partial charge in [0.2, 0.25) is 0 Å². The van der Waals surface area contributed by atoms with E-state index in [4.69, 9.17) is 22.6 Å². The Balaban J connectivity index is -0.0000000450. The second-order valence-electron chi connectivity index (χ2n) is 0.152. The van der Waals surface area contributed by atoms with Gasteiger partial charge in [0.25, 0.3) is 0 Å². The Bertz CT molecular complexity index is 12.3. The first kappa shape index (κ1) is 15.7. The van der Waals surface area contributed by atoms with Gasteiger partial charge in [-0.25, -0.2) is 0 Å². The quantitative estimate of drug-likeness (QED) is 0.462. The topological polar surface area (TPSA) is 20.2 Å². The normalized spacial score (nSPS) is 7.50. The van der Waals surface area contributed by atoms with E-state index >= 15 is 0 Å². The number of hydrogen-bond acceptors (Lipinski definition) is 1. The molecular formula is HCl4OPt. The van der Waals surface area contributed by atoms with E-state index in [1.807, 2.05) is 0 Å². The molecule has 0 amide bonds. The average molecular weight is 354 g/mol. The number of rotatable bonds is 0. The molecule has 0 aliphatic rings. The first-order valence-electron chi connectivity index (χ1n) is 0.380. The fourth-order valence-corrected chi connectivity index (χ4v) is 0. The monoisotopic (exact) mass is 352 g/mol. The summed E-state index contributed by atoms with van der Waals surface area (Å²) in [6.07, 6.45) is 0. The Hall–Kier alpha value is 1.81. The van der Waals surface area contributed by atoms with E-state index in [1.165, 1.54) is 0 Å². The molecule has 0 aliphatic carbocycles. The molecule has 0 atom stereocenters. The van der Waals surface area contributed by atoms with E-state index in [1.54, 1.807) is 0 Å². The minimum absolute atomic E-state index is 0. The zero-order chi connectivity index (χ0) is 3.58. The van der Waals surface area contributed by atoms with Crippen molar-refractivity contribution in [3.63, 3.8) is 0 Å². The predicted octanol–water partition coefficient (Wildman–Crippen LogP) is -5.17. The van der Waals surface area contributed by atoms with Crippen molar-refractivity contribution in [2.45, 2.75) is 0 Å². The first-order chi connectivity index (χ1) is 1.73. The van der Waals surface area contributed by atoms with Crippen molar-refractivity contribution < 1.29 is 44.2 Å². The summed E-state index contributed by atoms with van der Waals surface area (Å²) in [5, 5.41) is 0. The van der Waals surface area contributed by atoms with Crippen LogP contribution in [0.2, 0.25) is 0 Å². The summed E-state index contributed by atoms with van der Waals surface area (Å²) in [6.45, 7) is 0. The summed E-state index contributed by atoms with van der Waals surface area (Å²) in [7, 11) is 9.51. The van der Waals surface area contributed by atoms with E-state index in [0.29, 0.717) is 0 Å². The van der Waals surface area contributed by atoms with Crippen LogP contribution in [0.25, 0.3) is 0 Å². The molecule has 0 fully saturated rings. The molecule has 0 spiro atoms. The molecular weight excluding hydrogens is 353 g/mol. The van der Waals surface area contributed by atoms with Gasteiger partial charge in [0, 0.05) is 0 Å². The van der Waals surface area contributed by atoms with Gasteiger partial charge in [-0.3, -0.25) is 0 Å². The molecule has 0 aromatic carbocycles. The molecule has 0 bridgehead atoms. The molecule has 0 unspecified atom stereocenters. The van der Waals surface area contributed by atoms with Gasteiger partial charge >= 0.3 is 38.2 Å². The molecule has 0 aromatic heterocycles. The molecule has 0 aliphatic heterocycles. The molecule has 0 aromatic rings. The van der Waals surface area contributed by atoms with Gasteiger partial charge in [-0.15, -0.1) is 0 Å². The molecule has 0 heterocycles. The van der Waals surface area contributed by atoms with Crippen LogP contribution in [0.1, 0.15) is 0 Å².